The Morgan fingerprint density at radius 2 is 1.79 bits per heavy atom. The third-order valence-corrected chi connectivity index (χ3v) is 2.93. The molecule has 0 aliphatic heterocycles. The monoisotopic (exact) mass is 265 g/mol. The van der Waals surface area contributed by atoms with Crippen LogP contribution in [0.2, 0.25) is 0 Å². The molecular formula is C10H20BrNO2. The van der Waals surface area contributed by atoms with Crippen molar-refractivity contribution in [3.63, 3.8) is 0 Å². The second kappa shape index (κ2) is 5.12. The summed E-state index contributed by atoms with van der Waals surface area (Å²) in [5.41, 5.74) is -0.470. The number of carbonyl (C=O) groups excluding carboxylic acids is 1. The van der Waals surface area contributed by atoms with Gasteiger partial charge in [0, 0.05) is 0 Å². The first kappa shape index (κ1) is 13.9. The summed E-state index contributed by atoms with van der Waals surface area (Å²) in [5, 5.41) is 12.1. The fourth-order valence-corrected chi connectivity index (χ4v) is 1.18. The van der Waals surface area contributed by atoms with E-state index in [1.807, 2.05) is 13.8 Å². The molecular weight excluding hydrogens is 246 g/mol. The number of aliphatic hydroxyl groups excluding tert-OH is 1. The van der Waals surface area contributed by atoms with Crippen molar-refractivity contribution in [2.45, 2.75) is 50.4 Å². The maximum Gasteiger partial charge on any atom is 0.236 e. The van der Waals surface area contributed by atoms with Crippen LogP contribution in [0.4, 0.5) is 0 Å². The van der Waals surface area contributed by atoms with E-state index in [-0.39, 0.29) is 12.5 Å². The number of halogens is 1. The SMILES string of the molecule is CCC(CC)(CO)NC(=O)C(C)(C)Br. The minimum Gasteiger partial charge on any atom is -0.394 e. The number of aliphatic hydroxyl groups is 1. The lowest BCUT2D eigenvalue weighted by atomic mass is 9.93. The number of hydrogen-bond acceptors (Lipinski definition) is 2. The maximum atomic E-state index is 11.7. The second-order valence-electron chi connectivity index (χ2n) is 4.07. The fourth-order valence-electron chi connectivity index (χ4n) is 1.08. The Morgan fingerprint density at radius 3 is 2.00 bits per heavy atom. The highest BCUT2D eigenvalue weighted by Crippen LogP contribution is 2.20. The Hall–Kier alpha value is -0.0900. The number of amides is 1. The Kier molecular flexibility index (Phi) is 5.09. The normalized spacial score (nSPS) is 12.7. The van der Waals surface area contributed by atoms with Gasteiger partial charge in [0.25, 0.3) is 0 Å². The van der Waals surface area contributed by atoms with Crippen LogP contribution in [-0.4, -0.2) is 27.5 Å². The zero-order valence-electron chi connectivity index (χ0n) is 9.35. The summed E-state index contributed by atoms with van der Waals surface area (Å²) in [4.78, 5) is 11.7. The molecule has 0 radical (unpaired) electrons. The van der Waals surface area contributed by atoms with E-state index in [2.05, 4.69) is 21.2 Å². The Morgan fingerprint density at radius 1 is 1.36 bits per heavy atom. The van der Waals surface area contributed by atoms with Gasteiger partial charge in [0.1, 0.15) is 0 Å². The van der Waals surface area contributed by atoms with Gasteiger partial charge in [-0.25, -0.2) is 0 Å². The molecule has 3 nitrogen and oxygen atoms in total. The summed E-state index contributed by atoms with van der Waals surface area (Å²) < 4.78 is -0.586. The molecule has 0 bridgehead atoms. The van der Waals surface area contributed by atoms with Gasteiger partial charge in [0.05, 0.1) is 16.5 Å². The van der Waals surface area contributed by atoms with Gasteiger partial charge in [0.15, 0.2) is 0 Å². The standard InChI is InChI=1S/C10H20BrNO2/c1-5-10(6-2,7-13)12-8(14)9(3,4)11/h13H,5-7H2,1-4H3,(H,12,14). The van der Waals surface area contributed by atoms with E-state index >= 15 is 0 Å². The van der Waals surface area contributed by atoms with Crippen molar-refractivity contribution in [2.75, 3.05) is 6.61 Å². The van der Waals surface area contributed by atoms with Crippen molar-refractivity contribution in [1.29, 1.82) is 0 Å². The summed E-state index contributed by atoms with van der Waals surface area (Å²) >= 11 is 3.29. The van der Waals surface area contributed by atoms with Gasteiger partial charge < -0.3 is 10.4 Å². The van der Waals surface area contributed by atoms with Crippen LogP contribution < -0.4 is 5.32 Å². The van der Waals surface area contributed by atoms with Crippen LogP contribution in [-0.2, 0) is 4.79 Å². The van der Waals surface area contributed by atoms with Gasteiger partial charge >= 0.3 is 0 Å². The molecule has 0 atom stereocenters. The molecule has 0 aromatic carbocycles. The molecule has 0 saturated carbocycles. The fraction of sp³-hybridized carbons (Fsp3) is 0.900. The molecule has 0 rings (SSSR count). The molecule has 0 aromatic rings. The molecule has 2 N–H and O–H groups in total. The summed E-state index contributed by atoms with van der Waals surface area (Å²) in [6.45, 7) is 7.48. The number of alkyl halides is 1. The van der Waals surface area contributed by atoms with Crippen molar-refractivity contribution < 1.29 is 9.90 Å². The molecule has 84 valence electrons. The van der Waals surface area contributed by atoms with Gasteiger partial charge in [-0.3, -0.25) is 4.79 Å². The van der Waals surface area contributed by atoms with Gasteiger partial charge in [-0.1, -0.05) is 29.8 Å². The predicted molar refractivity (Wildman–Crippen MR) is 61.5 cm³/mol. The van der Waals surface area contributed by atoms with Crippen LogP contribution in [0.25, 0.3) is 0 Å². The smallest absolute Gasteiger partial charge is 0.236 e. The zero-order chi connectivity index (χ0) is 11.4. The first-order valence-electron chi connectivity index (χ1n) is 4.93. The van der Waals surface area contributed by atoms with E-state index in [0.717, 1.165) is 12.8 Å². The summed E-state index contributed by atoms with van der Waals surface area (Å²) in [6.07, 6.45) is 1.46. The summed E-state index contributed by atoms with van der Waals surface area (Å²) in [6, 6.07) is 0. The average Bonchev–Trinajstić information content (AvgIpc) is 2.12. The van der Waals surface area contributed by atoms with Crippen LogP contribution in [0.3, 0.4) is 0 Å². The average molecular weight is 266 g/mol. The predicted octanol–water partition coefficient (Wildman–Crippen LogP) is 1.83. The molecule has 0 fully saturated rings. The lowest BCUT2D eigenvalue weighted by Crippen LogP contribution is -2.54. The lowest BCUT2D eigenvalue weighted by molar-refractivity contribution is -0.125. The van der Waals surface area contributed by atoms with E-state index in [1.165, 1.54) is 0 Å². The van der Waals surface area contributed by atoms with Crippen molar-refractivity contribution in [3.05, 3.63) is 0 Å². The first-order valence-corrected chi connectivity index (χ1v) is 5.73. The number of rotatable bonds is 5. The van der Waals surface area contributed by atoms with Gasteiger partial charge in [0.2, 0.25) is 5.91 Å². The molecule has 0 saturated heterocycles. The molecule has 0 aliphatic carbocycles. The number of carbonyl (C=O) groups is 1. The van der Waals surface area contributed by atoms with Crippen molar-refractivity contribution >= 4 is 21.8 Å². The largest absolute Gasteiger partial charge is 0.394 e. The Bertz CT molecular complexity index is 187. The van der Waals surface area contributed by atoms with Crippen molar-refractivity contribution in [2.24, 2.45) is 0 Å². The van der Waals surface area contributed by atoms with Gasteiger partial charge in [-0.05, 0) is 26.7 Å². The highest BCUT2D eigenvalue weighted by molar-refractivity contribution is 9.10. The van der Waals surface area contributed by atoms with Crippen molar-refractivity contribution in [1.82, 2.24) is 5.32 Å². The molecule has 1 amide bonds. The first-order chi connectivity index (χ1) is 6.31. The molecule has 4 heteroatoms. The van der Waals surface area contributed by atoms with Crippen LogP contribution in [0.15, 0.2) is 0 Å². The maximum absolute atomic E-state index is 11.7. The molecule has 14 heavy (non-hydrogen) atoms. The molecule has 0 aliphatic rings. The molecule has 0 spiro atoms. The quantitative estimate of drug-likeness (QED) is 0.746. The molecule has 0 heterocycles. The molecule has 0 aromatic heterocycles. The zero-order valence-corrected chi connectivity index (χ0v) is 10.9. The number of nitrogens with one attached hydrogen (secondary N) is 1. The van der Waals surface area contributed by atoms with E-state index in [0.29, 0.717) is 0 Å². The van der Waals surface area contributed by atoms with E-state index in [1.54, 1.807) is 13.8 Å². The number of hydrogen-bond donors (Lipinski definition) is 2. The van der Waals surface area contributed by atoms with Crippen LogP contribution in [0.5, 0.6) is 0 Å². The summed E-state index contributed by atoms with van der Waals surface area (Å²) in [5.74, 6) is -0.0877. The van der Waals surface area contributed by atoms with Crippen molar-refractivity contribution in [3.8, 4) is 0 Å². The highest BCUT2D eigenvalue weighted by atomic mass is 79.9. The minimum atomic E-state index is -0.586. The minimum absolute atomic E-state index is 0.0190. The third-order valence-electron chi connectivity index (χ3n) is 2.57. The van der Waals surface area contributed by atoms with Crippen LogP contribution >= 0.6 is 15.9 Å². The Labute approximate surface area is 94.4 Å². The Balaban J connectivity index is 4.54. The van der Waals surface area contributed by atoms with Gasteiger partial charge in [-0.2, -0.15) is 0 Å². The topological polar surface area (TPSA) is 49.3 Å². The van der Waals surface area contributed by atoms with E-state index in [4.69, 9.17) is 0 Å². The highest BCUT2D eigenvalue weighted by Gasteiger charge is 2.32. The third kappa shape index (κ3) is 3.58. The summed E-state index contributed by atoms with van der Waals surface area (Å²) in [7, 11) is 0. The van der Waals surface area contributed by atoms with E-state index < -0.39 is 9.86 Å². The lowest BCUT2D eigenvalue weighted by Gasteiger charge is -2.33. The van der Waals surface area contributed by atoms with Crippen LogP contribution in [0.1, 0.15) is 40.5 Å². The second-order valence-corrected chi connectivity index (χ2v) is 6.05. The van der Waals surface area contributed by atoms with E-state index in [9.17, 15) is 9.90 Å². The van der Waals surface area contributed by atoms with Gasteiger partial charge in [-0.15, -0.1) is 0 Å². The molecule has 0 unspecified atom stereocenters. The van der Waals surface area contributed by atoms with Crippen LogP contribution in [0, 0.1) is 0 Å².